The molecule has 0 bridgehead atoms. The van der Waals surface area contributed by atoms with Gasteiger partial charge in [-0.25, -0.2) is 0 Å². The number of hydrogen-bond donors (Lipinski definition) is 4. The first-order valence-electron chi connectivity index (χ1n) is 10.1. The van der Waals surface area contributed by atoms with E-state index in [0.717, 1.165) is 24.8 Å². The number of methoxy groups -OCH3 is 2. The minimum absolute atomic E-state index is 0.0554. The minimum atomic E-state index is -0.703. The third-order valence-electron chi connectivity index (χ3n) is 5.40. The van der Waals surface area contributed by atoms with Gasteiger partial charge in [-0.3, -0.25) is 0 Å². The summed E-state index contributed by atoms with van der Waals surface area (Å²) in [6.07, 6.45) is 3.39. The van der Waals surface area contributed by atoms with Gasteiger partial charge in [0.25, 0.3) is 0 Å². The molecule has 1 saturated carbocycles. The lowest BCUT2D eigenvalue weighted by atomic mass is 9.73. The van der Waals surface area contributed by atoms with Crippen LogP contribution < -0.4 is 14.8 Å². The standard InChI is InChI=1S/C21H34N2O6/c1-27-18-7-6-16(11-19(18)28-2)8-10-22-12-17(26)13-29-23-20-5-3-4-9-21(20,14-24)15-25/h6-7,11,17,22,24-26H,3-5,8-10,12-15H2,1-2H3/b23-20+. The van der Waals surface area contributed by atoms with Crippen molar-refractivity contribution in [2.75, 3.05) is 47.1 Å². The first-order chi connectivity index (χ1) is 14.1. The molecule has 1 aliphatic carbocycles. The highest BCUT2D eigenvalue weighted by Crippen LogP contribution is 2.33. The zero-order valence-electron chi connectivity index (χ0n) is 17.4. The highest BCUT2D eigenvalue weighted by Gasteiger charge is 2.37. The van der Waals surface area contributed by atoms with Crippen LogP contribution in [0.25, 0.3) is 0 Å². The average molecular weight is 411 g/mol. The van der Waals surface area contributed by atoms with E-state index in [1.54, 1.807) is 14.2 Å². The Bertz CT molecular complexity index is 648. The summed E-state index contributed by atoms with van der Waals surface area (Å²) in [7, 11) is 3.22. The van der Waals surface area contributed by atoms with E-state index in [1.807, 2.05) is 18.2 Å². The van der Waals surface area contributed by atoms with E-state index in [2.05, 4.69) is 10.5 Å². The van der Waals surface area contributed by atoms with Crippen LogP contribution in [0.2, 0.25) is 0 Å². The molecule has 0 aliphatic heterocycles. The van der Waals surface area contributed by atoms with Crippen molar-refractivity contribution in [1.82, 2.24) is 5.32 Å². The number of hydrogen-bond acceptors (Lipinski definition) is 8. The Morgan fingerprint density at radius 3 is 2.59 bits per heavy atom. The monoisotopic (exact) mass is 410 g/mol. The van der Waals surface area contributed by atoms with E-state index in [9.17, 15) is 15.3 Å². The number of aliphatic hydroxyl groups excluding tert-OH is 3. The van der Waals surface area contributed by atoms with Gasteiger partial charge in [-0.1, -0.05) is 17.6 Å². The minimum Gasteiger partial charge on any atom is -0.493 e. The Balaban J connectivity index is 1.71. The lowest BCUT2D eigenvalue weighted by Gasteiger charge is -2.34. The molecule has 0 spiro atoms. The van der Waals surface area contributed by atoms with E-state index >= 15 is 0 Å². The molecule has 1 unspecified atom stereocenters. The quantitative estimate of drug-likeness (QED) is 0.302. The molecule has 0 amide bonds. The molecule has 1 aromatic rings. The maximum atomic E-state index is 10.1. The Morgan fingerprint density at radius 2 is 1.90 bits per heavy atom. The second-order valence-electron chi connectivity index (χ2n) is 7.43. The molecule has 1 fully saturated rings. The number of ether oxygens (including phenoxy) is 2. The first-order valence-corrected chi connectivity index (χ1v) is 10.1. The molecule has 0 aromatic heterocycles. The fourth-order valence-electron chi connectivity index (χ4n) is 3.50. The summed E-state index contributed by atoms with van der Waals surface area (Å²) in [4.78, 5) is 5.31. The molecular weight excluding hydrogens is 376 g/mol. The summed E-state index contributed by atoms with van der Waals surface area (Å²) in [6, 6.07) is 5.80. The van der Waals surface area contributed by atoms with Crippen LogP contribution in [0.1, 0.15) is 31.2 Å². The summed E-state index contributed by atoms with van der Waals surface area (Å²) in [5, 5.41) is 36.7. The summed E-state index contributed by atoms with van der Waals surface area (Å²) < 4.78 is 10.5. The van der Waals surface area contributed by atoms with Crippen LogP contribution in [-0.2, 0) is 11.3 Å². The Morgan fingerprint density at radius 1 is 1.14 bits per heavy atom. The van der Waals surface area contributed by atoms with Crippen molar-refractivity contribution in [3.8, 4) is 11.5 Å². The maximum absolute atomic E-state index is 10.1. The van der Waals surface area contributed by atoms with Crippen molar-refractivity contribution < 1.29 is 29.6 Å². The molecule has 0 saturated heterocycles. The number of benzene rings is 1. The van der Waals surface area contributed by atoms with Crippen molar-refractivity contribution in [2.45, 2.75) is 38.2 Å². The van der Waals surface area contributed by atoms with Crippen LogP contribution >= 0.6 is 0 Å². The van der Waals surface area contributed by atoms with Crippen LogP contribution in [0.4, 0.5) is 0 Å². The van der Waals surface area contributed by atoms with Crippen LogP contribution in [0.15, 0.2) is 23.4 Å². The summed E-state index contributed by atoms with van der Waals surface area (Å²) >= 11 is 0. The molecule has 2 rings (SSSR count). The van der Waals surface area contributed by atoms with Gasteiger partial charge >= 0.3 is 0 Å². The van der Waals surface area contributed by atoms with Gasteiger partial charge in [0.1, 0.15) is 12.7 Å². The summed E-state index contributed by atoms with van der Waals surface area (Å²) in [5.74, 6) is 1.39. The fraction of sp³-hybridized carbons (Fsp3) is 0.667. The van der Waals surface area contributed by atoms with Crippen LogP contribution in [0.5, 0.6) is 11.5 Å². The topological polar surface area (TPSA) is 113 Å². The predicted molar refractivity (Wildman–Crippen MR) is 111 cm³/mol. The van der Waals surface area contributed by atoms with Crippen molar-refractivity contribution >= 4 is 5.71 Å². The molecule has 0 heterocycles. The van der Waals surface area contributed by atoms with Gasteiger partial charge < -0.3 is 34.9 Å². The lowest BCUT2D eigenvalue weighted by molar-refractivity contribution is 0.0335. The number of nitrogens with zero attached hydrogens (tertiary/aromatic N) is 1. The van der Waals surface area contributed by atoms with Crippen molar-refractivity contribution in [3.63, 3.8) is 0 Å². The first kappa shape index (κ1) is 23.4. The number of rotatable bonds is 12. The highest BCUT2D eigenvalue weighted by atomic mass is 16.6. The lowest BCUT2D eigenvalue weighted by Crippen LogP contribution is -2.41. The number of oxime groups is 1. The fourth-order valence-corrected chi connectivity index (χ4v) is 3.50. The molecule has 1 aromatic carbocycles. The maximum Gasteiger partial charge on any atom is 0.160 e. The van der Waals surface area contributed by atoms with E-state index < -0.39 is 11.5 Å². The third kappa shape index (κ3) is 6.57. The van der Waals surface area contributed by atoms with Crippen LogP contribution in [0.3, 0.4) is 0 Å². The molecule has 8 heteroatoms. The van der Waals surface area contributed by atoms with Crippen molar-refractivity contribution in [2.24, 2.45) is 10.6 Å². The molecule has 1 atom stereocenters. The second-order valence-corrected chi connectivity index (χ2v) is 7.43. The molecule has 29 heavy (non-hydrogen) atoms. The molecule has 0 radical (unpaired) electrons. The number of nitrogens with one attached hydrogen (secondary N) is 1. The largest absolute Gasteiger partial charge is 0.493 e. The van der Waals surface area contributed by atoms with E-state index in [-0.39, 0.29) is 19.8 Å². The number of aliphatic hydroxyl groups is 3. The second kappa shape index (κ2) is 12.0. The van der Waals surface area contributed by atoms with E-state index in [4.69, 9.17) is 14.3 Å². The van der Waals surface area contributed by atoms with Crippen molar-refractivity contribution in [1.29, 1.82) is 0 Å². The van der Waals surface area contributed by atoms with Gasteiger partial charge in [-0.15, -0.1) is 0 Å². The van der Waals surface area contributed by atoms with Gasteiger partial charge in [0, 0.05) is 6.54 Å². The highest BCUT2D eigenvalue weighted by molar-refractivity contribution is 5.90. The van der Waals surface area contributed by atoms with Gasteiger partial charge in [-0.05, 0) is 49.9 Å². The van der Waals surface area contributed by atoms with Crippen LogP contribution in [-0.4, -0.2) is 74.3 Å². The molecular formula is C21H34N2O6. The van der Waals surface area contributed by atoms with Gasteiger partial charge in [0.15, 0.2) is 11.5 Å². The average Bonchev–Trinajstić information content (AvgIpc) is 2.77. The van der Waals surface area contributed by atoms with Gasteiger partial charge in [0.05, 0.1) is 38.6 Å². The van der Waals surface area contributed by atoms with E-state index in [1.165, 1.54) is 0 Å². The molecule has 8 nitrogen and oxygen atoms in total. The molecule has 164 valence electrons. The zero-order chi connectivity index (χ0) is 21.1. The van der Waals surface area contributed by atoms with Crippen LogP contribution in [0, 0.1) is 5.41 Å². The Labute approximate surface area is 172 Å². The van der Waals surface area contributed by atoms with E-state index in [0.29, 0.717) is 43.1 Å². The van der Waals surface area contributed by atoms with Crippen molar-refractivity contribution in [3.05, 3.63) is 23.8 Å². The van der Waals surface area contributed by atoms with Gasteiger partial charge in [-0.2, -0.15) is 0 Å². The Hall–Kier alpha value is -1.87. The normalized spacial score (nSPS) is 18.4. The smallest absolute Gasteiger partial charge is 0.160 e. The molecule has 1 aliphatic rings. The van der Waals surface area contributed by atoms with Gasteiger partial charge in [0.2, 0.25) is 0 Å². The predicted octanol–water partition coefficient (Wildman–Crippen LogP) is 1.11. The molecule has 4 N–H and O–H groups in total. The summed E-state index contributed by atoms with van der Waals surface area (Å²) in [5.41, 5.74) is 1.09. The zero-order valence-corrected chi connectivity index (χ0v) is 17.4. The Kier molecular flexibility index (Phi) is 9.66. The third-order valence-corrected chi connectivity index (χ3v) is 5.40. The summed E-state index contributed by atoms with van der Waals surface area (Å²) in [6.45, 7) is 0.834. The SMILES string of the molecule is COc1ccc(CCNCC(O)CO/N=C2\CCCCC2(CO)CO)cc1OC.